The van der Waals surface area contributed by atoms with Gasteiger partial charge in [0.25, 0.3) is 0 Å². The van der Waals surface area contributed by atoms with Crippen molar-refractivity contribution in [1.29, 1.82) is 0 Å². The van der Waals surface area contributed by atoms with E-state index in [0.717, 1.165) is 74.1 Å². The summed E-state index contributed by atoms with van der Waals surface area (Å²) in [4.78, 5) is 33.9. The zero-order valence-corrected chi connectivity index (χ0v) is 29.7. The van der Waals surface area contributed by atoms with Gasteiger partial charge in [0.1, 0.15) is 17.7 Å². The largest absolute Gasteiger partial charge is 0.496 e. The molecule has 5 aliphatic rings. The van der Waals surface area contributed by atoms with Gasteiger partial charge < -0.3 is 14.8 Å². The number of benzene rings is 1. The van der Waals surface area contributed by atoms with Crippen LogP contribution in [-0.4, -0.2) is 52.6 Å². The summed E-state index contributed by atoms with van der Waals surface area (Å²) in [6.07, 6.45) is 18.1. The smallest absolute Gasteiger partial charge is 0.407 e. The van der Waals surface area contributed by atoms with E-state index in [1.165, 1.54) is 17.5 Å². The normalized spacial score (nSPS) is 26.6. The van der Waals surface area contributed by atoms with Gasteiger partial charge in [0.05, 0.1) is 13.3 Å². The Bertz CT molecular complexity index is 1630. The van der Waals surface area contributed by atoms with E-state index in [2.05, 4.69) is 61.6 Å². The first-order chi connectivity index (χ1) is 23.7. The summed E-state index contributed by atoms with van der Waals surface area (Å²) in [7, 11) is 1.74. The van der Waals surface area contributed by atoms with Gasteiger partial charge in [0.15, 0.2) is 0 Å². The number of carbonyl (C=O) groups excluding carboxylic acids is 2. The first-order valence-corrected chi connectivity index (χ1v) is 18.6. The number of anilines is 1. The van der Waals surface area contributed by atoms with E-state index in [1.807, 2.05) is 28.0 Å². The summed E-state index contributed by atoms with van der Waals surface area (Å²) in [6, 6.07) is 11.3. The highest BCUT2D eigenvalue weighted by atomic mass is 16.6. The zero-order chi connectivity index (χ0) is 34.2. The van der Waals surface area contributed by atoms with Crippen LogP contribution < -0.4 is 15.0 Å². The van der Waals surface area contributed by atoms with Crippen LogP contribution in [0.15, 0.2) is 48.9 Å². The summed E-state index contributed by atoms with van der Waals surface area (Å²) >= 11 is 0. The number of methoxy groups -OCH3 is 1. The lowest BCUT2D eigenvalue weighted by Gasteiger charge is -2.55. The monoisotopic (exact) mass is 667 g/mol. The first-order valence-electron chi connectivity index (χ1n) is 18.6. The average molecular weight is 668 g/mol. The van der Waals surface area contributed by atoms with E-state index in [0.29, 0.717) is 32.2 Å². The number of ether oxygens (including phenoxy) is 2. The molecule has 3 aromatic rings. The predicted octanol–water partition coefficient (Wildman–Crippen LogP) is 8.31. The number of alkyl carbamates (subject to hydrolysis) is 1. The number of nitrogens with one attached hydrogen (secondary N) is 1. The van der Waals surface area contributed by atoms with Crippen LogP contribution in [-0.2, 0) is 14.9 Å². The van der Waals surface area contributed by atoms with Crippen LogP contribution in [0, 0.1) is 18.3 Å². The van der Waals surface area contributed by atoms with E-state index < -0.39 is 0 Å². The summed E-state index contributed by atoms with van der Waals surface area (Å²) in [5.41, 5.74) is 4.94. The summed E-state index contributed by atoms with van der Waals surface area (Å²) in [5, 5.41) is 7.55. The Kier molecular flexibility index (Phi) is 9.46. The molecule has 0 saturated heterocycles. The Morgan fingerprint density at radius 2 is 1.71 bits per heavy atom. The Morgan fingerprint density at radius 3 is 2.33 bits per heavy atom. The Morgan fingerprint density at radius 1 is 0.980 bits per heavy atom. The molecule has 1 aromatic carbocycles. The molecule has 0 unspecified atom stereocenters. The summed E-state index contributed by atoms with van der Waals surface area (Å²) < 4.78 is 13.3. The maximum Gasteiger partial charge on any atom is 0.407 e. The maximum atomic E-state index is 14.6. The molecular formula is C40H53N5O4. The van der Waals surface area contributed by atoms with E-state index in [1.54, 1.807) is 7.11 Å². The molecule has 2 bridgehead atoms. The van der Waals surface area contributed by atoms with Crippen molar-refractivity contribution in [3.8, 4) is 16.9 Å². The zero-order valence-electron chi connectivity index (χ0n) is 29.7. The maximum absolute atomic E-state index is 14.6. The van der Waals surface area contributed by atoms with Crippen LogP contribution in [0.3, 0.4) is 0 Å². The van der Waals surface area contributed by atoms with Crippen molar-refractivity contribution in [2.24, 2.45) is 11.3 Å². The second-order valence-electron chi connectivity index (χ2n) is 15.7. The van der Waals surface area contributed by atoms with Gasteiger partial charge >= 0.3 is 6.09 Å². The molecule has 0 aliphatic heterocycles. The van der Waals surface area contributed by atoms with Crippen molar-refractivity contribution in [3.05, 3.63) is 60.0 Å². The van der Waals surface area contributed by atoms with Crippen molar-refractivity contribution in [2.45, 2.75) is 128 Å². The fourth-order valence-electron chi connectivity index (χ4n) is 8.82. The van der Waals surface area contributed by atoms with Crippen LogP contribution in [0.2, 0.25) is 0 Å². The number of hydrogen-bond donors (Lipinski definition) is 1. The molecule has 0 atom stereocenters. The standard InChI is InChI=1S/C40H53N5O4/c1-27(2)45-25-31(24-42-45)30-14-21-41-36(23-30)44(37(46)29-8-11-34(12-9-29)49-38(47)43-33-6-5-7-33)26-39-15-18-40(19-16-39,20-17-39)32-10-13-35(48-4)28(3)22-32/h10,13-14,21-25,27,29,33-34H,5-9,11-12,15-20,26H2,1-4H3,(H,43,47). The number of carbonyl (C=O) groups is 2. The number of nitrogens with zero attached hydrogens (tertiary/aromatic N) is 4. The van der Waals surface area contributed by atoms with E-state index in [9.17, 15) is 9.59 Å². The van der Waals surface area contributed by atoms with Crippen LogP contribution in [0.25, 0.3) is 11.1 Å². The van der Waals surface area contributed by atoms with Gasteiger partial charge in [-0.05, 0) is 150 Å². The first kappa shape index (κ1) is 33.6. The number of pyridine rings is 1. The number of amides is 2. The van der Waals surface area contributed by atoms with Gasteiger partial charge in [0.2, 0.25) is 5.91 Å². The molecular weight excluding hydrogens is 614 g/mol. The van der Waals surface area contributed by atoms with E-state index in [4.69, 9.17) is 14.5 Å². The third-order valence-electron chi connectivity index (χ3n) is 12.4. The number of hydrogen-bond acceptors (Lipinski definition) is 6. The number of rotatable bonds is 10. The van der Waals surface area contributed by atoms with Crippen molar-refractivity contribution in [3.63, 3.8) is 0 Å². The number of aryl methyl sites for hydroxylation is 1. The van der Waals surface area contributed by atoms with Crippen molar-refractivity contribution in [2.75, 3.05) is 18.6 Å². The lowest BCUT2D eigenvalue weighted by atomic mass is 9.51. The third-order valence-corrected chi connectivity index (χ3v) is 12.4. The molecule has 2 amide bonds. The number of aromatic nitrogens is 3. The fraction of sp³-hybridized carbons (Fsp3) is 0.600. The predicted molar refractivity (Wildman–Crippen MR) is 191 cm³/mol. The van der Waals surface area contributed by atoms with Crippen LogP contribution in [0.1, 0.15) is 114 Å². The second-order valence-corrected chi connectivity index (χ2v) is 15.7. The lowest BCUT2D eigenvalue weighted by Crippen LogP contribution is -2.52. The highest BCUT2D eigenvalue weighted by Gasteiger charge is 2.51. The van der Waals surface area contributed by atoms with Crippen LogP contribution >= 0.6 is 0 Å². The van der Waals surface area contributed by atoms with Crippen molar-refractivity contribution < 1.29 is 19.1 Å². The van der Waals surface area contributed by atoms with Gasteiger partial charge in [-0.1, -0.05) is 12.1 Å². The number of fused-ring (bicyclic) bond motifs is 3. The lowest BCUT2D eigenvalue weighted by molar-refractivity contribution is -0.124. The highest BCUT2D eigenvalue weighted by Crippen LogP contribution is 2.58. The minimum atomic E-state index is -0.308. The van der Waals surface area contributed by atoms with Gasteiger partial charge in [-0.2, -0.15) is 5.10 Å². The van der Waals surface area contributed by atoms with Gasteiger partial charge in [-0.15, -0.1) is 0 Å². The van der Waals surface area contributed by atoms with Gasteiger partial charge in [0, 0.05) is 42.5 Å². The molecule has 9 nitrogen and oxygen atoms in total. The molecule has 9 heteroatoms. The summed E-state index contributed by atoms with van der Waals surface area (Å²) in [5.74, 6) is 1.70. The third kappa shape index (κ3) is 6.95. The van der Waals surface area contributed by atoms with Crippen LogP contribution in [0.5, 0.6) is 5.75 Å². The Balaban J connectivity index is 1.09. The molecule has 8 rings (SSSR count). The molecule has 2 aromatic heterocycles. The van der Waals surface area contributed by atoms with Crippen molar-refractivity contribution in [1.82, 2.24) is 20.1 Å². The van der Waals surface area contributed by atoms with Crippen molar-refractivity contribution >= 4 is 17.8 Å². The molecule has 5 saturated carbocycles. The molecule has 2 heterocycles. The van der Waals surface area contributed by atoms with E-state index in [-0.39, 0.29) is 46.9 Å². The topological polar surface area (TPSA) is 98.6 Å². The minimum Gasteiger partial charge on any atom is -0.496 e. The molecule has 1 N–H and O–H groups in total. The molecule has 0 spiro atoms. The highest BCUT2D eigenvalue weighted by molar-refractivity contribution is 5.95. The Hall–Kier alpha value is -3.88. The fourth-order valence-corrected chi connectivity index (χ4v) is 8.82. The Labute approximate surface area is 291 Å². The molecule has 5 aliphatic carbocycles. The van der Waals surface area contributed by atoms with Gasteiger partial charge in [-0.25, -0.2) is 9.78 Å². The molecule has 5 fully saturated rings. The average Bonchev–Trinajstić information content (AvgIpc) is 3.61. The minimum absolute atomic E-state index is 0.0685. The molecule has 262 valence electrons. The molecule has 49 heavy (non-hydrogen) atoms. The van der Waals surface area contributed by atoms with Gasteiger partial charge in [-0.3, -0.25) is 14.4 Å². The van der Waals surface area contributed by atoms with E-state index >= 15 is 0 Å². The molecule has 0 radical (unpaired) electrons. The quantitative estimate of drug-likeness (QED) is 0.234. The SMILES string of the molecule is COc1ccc(C23CCC(CN(C(=O)C4CCC(OC(=O)NC5CCC5)CC4)c4cc(-c5cnn(C(C)C)c5)ccn4)(CC2)CC3)cc1C. The second kappa shape index (κ2) is 13.8. The summed E-state index contributed by atoms with van der Waals surface area (Å²) in [6.45, 7) is 7.06. The van der Waals surface area contributed by atoms with Crippen LogP contribution in [0.4, 0.5) is 10.6 Å².